The first-order valence-corrected chi connectivity index (χ1v) is 5.41. The second-order valence-corrected chi connectivity index (χ2v) is 4.49. The van der Waals surface area contributed by atoms with E-state index in [0.29, 0.717) is 24.2 Å². The number of aryl methyl sites for hydroxylation is 1. The fourth-order valence-electron chi connectivity index (χ4n) is 2.27. The summed E-state index contributed by atoms with van der Waals surface area (Å²) >= 11 is 0. The number of fused-ring (bicyclic) bond motifs is 1. The van der Waals surface area contributed by atoms with Crippen LogP contribution in [0.15, 0.2) is 18.2 Å². The molecular formula is C12H11FN2O2. The largest absolute Gasteiger partial charge is 0.480 e. The smallest absolute Gasteiger partial charge is 0.317 e. The fourth-order valence-corrected chi connectivity index (χ4v) is 2.27. The Hall–Kier alpha value is -1.91. The van der Waals surface area contributed by atoms with Gasteiger partial charge < -0.3 is 9.67 Å². The van der Waals surface area contributed by atoms with Crippen molar-refractivity contribution in [2.75, 3.05) is 0 Å². The lowest BCUT2D eigenvalue weighted by Crippen LogP contribution is -2.23. The molecule has 0 spiro atoms. The van der Waals surface area contributed by atoms with E-state index < -0.39 is 17.2 Å². The van der Waals surface area contributed by atoms with E-state index in [1.165, 1.54) is 6.07 Å². The number of imidazole rings is 1. The molecule has 0 atom stereocenters. The summed E-state index contributed by atoms with van der Waals surface area (Å²) in [6, 6.07) is 4.68. The van der Waals surface area contributed by atoms with Crippen LogP contribution < -0.4 is 0 Å². The van der Waals surface area contributed by atoms with Crippen LogP contribution in [-0.4, -0.2) is 20.6 Å². The van der Waals surface area contributed by atoms with E-state index in [4.69, 9.17) is 0 Å². The van der Waals surface area contributed by atoms with Crippen molar-refractivity contribution in [2.24, 2.45) is 7.05 Å². The summed E-state index contributed by atoms with van der Waals surface area (Å²) in [6.45, 7) is 0. The molecular weight excluding hydrogens is 223 g/mol. The van der Waals surface area contributed by atoms with Gasteiger partial charge >= 0.3 is 5.97 Å². The number of carbonyl (C=O) groups is 1. The van der Waals surface area contributed by atoms with Crippen molar-refractivity contribution >= 4 is 17.0 Å². The quantitative estimate of drug-likeness (QED) is 0.862. The number of aliphatic carboxylic acids is 1. The number of nitrogens with zero attached hydrogens (tertiary/aromatic N) is 2. The zero-order valence-electron chi connectivity index (χ0n) is 9.27. The molecule has 3 rings (SSSR count). The fraction of sp³-hybridized carbons (Fsp3) is 0.333. The van der Waals surface area contributed by atoms with Gasteiger partial charge in [-0.1, -0.05) is 6.07 Å². The minimum absolute atomic E-state index is 0.248. The highest BCUT2D eigenvalue weighted by Gasteiger charge is 2.55. The van der Waals surface area contributed by atoms with Gasteiger partial charge in [-0.15, -0.1) is 0 Å². The summed E-state index contributed by atoms with van der Waals surface area (Å²) in [5, 5.41) is 9.23. The molecule has 1 aliphatic carbocycles. The van der Waals surface area contributed by atoms with Crippen molar-refractivity contribution in [3.63, 3.8) is 0 Å². The van der Waals surface area contributed by atoms with Gasteiger partial charge in [-0.25, -0.2) is 9.37 Å². The van der Waals surface area contributed by atoms with Crippen LogP contribution in [-0.2, 0) is 17.3 Å². The summed E-state index contributed by atoms with van der Waals surface area (Å²) in [6.07, 6.45) is 1.14. The Bertz CT molecular complexity index is 629. The number of carboxylic acids is 1. The Morgan fingerprint density at radius 2 is 2.24 bits per heavy atom. The zero-order chi connectivity index (χ0) is 12.2. The van der Waals surface area contributed by atoms with E-state index in [-0.39, 0.29) is 5.52 Å². The summed E-state index contributed by atoms with van der Waals surface area (Å²) in [5.41, 5.74) is -0.0229. The molecule has 1 fully saturated rings. The predicted octanol–water partition coefficient (Wildman–Crippen LogP) is 1.83. The maximum absolute atomic E-state index is 13.6. The maximum Gasteiger partial charge on any atom is 0.317 e. The second-order valence-electron chi connectivity index (χ2n) is 4.49. The van der Waals surface area contributed by atoms with Gasteiger partial charge in [0.05, 0.1) is 5.52 Å². The van der Waals surface area contributed by atoms with Crippen molar-refractivity contribution in [2.45, 2.75) is 18.3 Å². The molecule has 1 N–H and O–H groups in total. The zero-order valence-corrected chi connectivity index (χ0v) is 9.27. The number of para-hydroxylation sites is 1. The summed E-state index contributed by atoms with van der Waals surface area (Å²) in [4.78, 5) is 15.4. The molecule has 88 valence electrons. The summed E-state index contributed by atoms with van der Waals surface area (Å²) < 4.78 is 15.2. The molecule has 1 aromatic heterocycles. The molecule has 5 heteroatoms. The van der Waals surface area contributed by atoms with Gasteiger partial charge in [0.25, 0.3) is 0 Å². The average Bonchev–Trinajstić information content (AvgIpc) is 3.02. The average molecular weight is 234 g/mol. The summed E-state index contributed by atoms with van der Waals surface area (Å²) in [7, 11) is 1.73. The normalized spacial score (nSPS) is 17.3. The topological polar surface area (TPSA) is 55.1 Å². The third kappa shape index (κ3) is 1.22. The monoisotopic (exact) mass is 234 g/mol. The molecule has 0 bridgehead atoms. The van der Waals surface area contributed by atoms with Crippen LogP contribution in [0, 0.1) is 5.82 Å². The Morgan fingerprint density at radius 1 is 1.53 bits per heavy atom. The number of rotatable bonds is 2. The SMILES string of the molecule is Cn1c(C2(C(=O)O)CC2)nc2c(F)cccc21. The van der Waals surface area contributed by atoms with Gasteiger partial charge in [0.15, 0.2) is 5.82 Å². The van der Waals surface area contributed by atoms with E-state index in [0.717, 1.165) is 0 Å². The first kappa shape index (κ1) is 10.3. The highest BCUT2D eigenvalue weighted by Crippen LogP contribution is 2.48. The van der Waals surface area contributed by atoms with Crippen LogP contribution in [0.3, 0.4) is 0 Å². The Kier molecular flexibility index (Phi) is 1.85. The molecule has 0 aliphatic heterocycles. The molecule has 0 amide bonds. The third-order valence-corrected chi connectivity index (χ3v) is 3.45. The highest BCUT2D eigenvalue weighted by molar-refractivity contribution is 5.86. The van der Waals surface area contributed by atoms with Gasteiger partial charge in [0, 0.05) is 7.05 Å². The second kappa shape index (κ2) is 3.06. The summed E-state index contributed by atoms with van der Waals surface area (Å²) in [5.74, 6) is -0.841. The van der Waals surface area contributed by atoms with Crippen molar-refractivity contribution in [3.8, 4) is 0 Å². The first-order chi connectivity index (χ1) is 8.06. The van der Waals surface area contributed by atoms with Gasteiger partial charge in [0.1, 0.15) is 16.8 Å². The molecule has 1 aliphatic rings. The van der Waals surface area contributed by atoms with Crippen LogP contribution in [0.1, 0.15) is 18.7 Å². The van der Waals surface area contributed by atoms with Crippen molar-refractivity contribution in [1.82, 2.24) is 9.55 Å². The lowest BCUT2D eigenvalue weighted by molar-refractivity contribution is -0.140. The molecule has 0 unspecified atom stereocenters. The van der Waals surface area contributed by atoms with Gasteiger partial charge in [-0.2, -0.15) is 0 Å². The number of benzene rings is 1. The molecule has 17 heavy (non-hydrogen) atoms. The molecule has 1 saturated carbocycles. The Labute approximate surface area is 96.7 Å². The lowest BCUT2D eigenvalue weighted by Gasteiger charge is -2.09. The van der Waals surface area contributed by atoms with Crippen molar-refractivity contribution in [1.29, 1.82) is 0 Å². The number of hydrogen-bond acceptors (Lipinski definition) is 2. The van der Waals surface area contributed by atoms with E-state index in [1.54, 1.807) is 23.7 Å². The maximum atomic E-state index is 13.6. The van der Waals surface area contributed by atoms with Crippen LogP contribution in [0.5, 0.6) is 0 Å². The Balaban J connectivity index is 2.29. The lowest BCUT2D eigenvalue weighted by atomic mass is 10.1. The number of carboxylic acid groups (broad SMARTS) is 1. The standard InChI is InChI=1S/C12H11FN2O2/c1-15-8-4-2-3-7(13)9(8)14-10(15)12(5-6-12)11(16)17/h2-4H,5-6H2,1H3,(H,16,17). The molecule has 0 radical (unpaired) electrons. The number of halogens is 1. The third-order valence-electron chi connectivity index (χ3n) is 3.45. The van der Waals surface area contributed by atoms with Crippen molar-refractivity contribution < 1.29 is 14.3 Å². The first-order valence-electron chi connectivity index (χ1n) is 5.41. The molecule has 1 aromatic carbocycles. The van der Waals surface area contributed by atoms with E-state index in [9.17, 15) is 14.3 Å². The van der Waals surface area contributed by atoms with Crippen molar-refractivity contribution in [3.05, 3.63) is 29.8 Å². The van der Waals surface area contributed by atoms with E-state index in [2.05, 4.69) is 4.98 Å². The van der Waals surface area contributed by atoms with Gasteiger partial charge in [-0.05, 0) is 25.0 Å². The molecule has 4 nitrogen and oxygen atoms in total. The molecule has 2 aromatic rings. The molecule has 1 heterocycles. The van der Waals surface area contributed by atoms with Crippen LogP contribution in [0.4, 0.5) is 4.39 Å². The Morgan fingerprint density at radius 3 is 2.76 bits per heavy atom. The minimum atomic E-state index is -0.903. The molecule has 0 saturated heterocycles. The number of hydrogen-bond donors (Lipinski definition) is 1. The highest BCUT2D eigenvalue weighted by atomic mass is 19.1. The predicted molar refractivity (Wildman–Crippen MR) is 59.2 cm³/mol. The van der Waals surface area contributed by atoms with Crippen LogP contribution in [0.25, 0.3) is 11.0 Å². The number of aromatic nitrogens is 2. The van der Waals surface area contributed by atoms with E-state index >= 15 is 0 Å². The van der Waals surface area contributed by atoms with Crippen LogP contribution in [0.2, 0.25) is 0 Å². The minimum Gasteiger partial charge on any atom is -0.480 e. The van der Waals surface area contributed by atoms with Gasteiger partial charge in [-0.3, -0.25) is 4.79 Å². The van der Waals surface area contributed by atoms with Gasteiger partial charge in [0.2, 0.25) is 0 Å². The van der Waals surface area contributed by atoms with Crippen LogP contribution >= 0.6 is 0 Å². The van der Waals surface area contributed by atoms with E-state index in [1.807, 2.05) is 0 Å².